The Hall–Kier alpha value is -2.93. The highest BCUT2D eigenvalue weighted by Gasteiger charge is 2.36. The van der Waals surface area contributed by atoms with Gasteiger partial charge in [0.2, 0.25) is 11.8 Å². The molecule has 0 aromatic heterocycles. The van der Waals surface area contributed by atoms with Gasteiger partial charge in [-0.1, -0.05) is 12.1 Å². The van der Waals surface area contributed by atoms with Gasteiger partial charge in [0, 0.05) is 32.6 Å². The average molecular weight is 356 g/mol. The van der Waals surface area contributed by atoms with E-state index in [1.807, 2.05) is 12.1 Å². The fourth-order valence-corrected chi connectivity index (χ4v) is 3.03. The topological polar surface area (TPSA) is 88.2 Å². The number of amides is 2. The Bertz CT molecular complexity index is 703. The molecule has 1 unspecified atom stereocenters. The second-order valence-electron chi connectivity index (χ2n) is 6.26. The molecule has 1 aliphatic rings. The lowest BCUT2D eigenvalue weighted by atomic mass is 10.1. The molecule has 0 spiro atoms. The van der Waals surface area contributed by atoms with Crippen LogP contribution in [0.5, 0.6) is 0 Å². The molecule has 6 nitrogen and oxygen atoms in total. The minimum absolute atomic E-state index is 0.0778. The Morgan fingerprint density at radius 1 is 1.19 bits per heavy atom. The van der Waals surface area contributed by atoms with Crippen molar-refractivity contribution < 1.29 is 14.0 Å². The molecule has 2 amide bonds. The van der Waals surface area contributed by atoms with E-state index in [1.54, 1.807) is 17.0 Å². The quantitative estimate of drug-likeness (QED) is 0.711. The van der Waals surface area contributed by atoms with Crippen LogP contribution in [0.2, 0.25) is 0 Å². The molecule has 1 aliphatic heterocycles. The summed E-state index contributed by atoms with van der Waals surface area (Å²) >= 11 is 0. The van der Waals surface area contributed by atoms with E-state index in [0.717, 1.165) is 5.56 Å². The molecule has 2 rings (SSSR count). The minimum Gasteiger partial charge on any atom is -0.342 e. The smallest absolute Gasteiger partial charge is 0.228 e. The maximum Gasteiger partial charge on any atom is 0.228 e. The highest BCUT2D eigenvalue weighted by molar-refractivity contribution is 5.89. The molecule has 0 N–H and O–H groups in total. The SMILES string of the molecule is N#CCCN(CCC#N)C(=O)C1CC(=O)N(CCc2ccc(F)cc2)C1. The number of likely N-dealkylation sites (tertiary alicyclic amines) is 1. The third-order valence-electron chi connectivity index (χ3n) is 4.45. The van der Waals surface area contributed by atoms with Crippen LogP contribution < -0.4 is 0 Å². The Labute approximate surface area is 152 Å². The molecule has 1 aromatic carbocycles. The van der Waals surface area contributed by atoms with E-state index < -0.39 is 5.92 Å². The molecule has 0 aliphatic carbocycles. The van der Waals surface area contributed by atoms with E-state index in [-0.39, 0.29) is 50.0 Å². The first kappa shape index (κ1) is 19.4. The van der Waals surface area contributed by atoms with Crippen LogP contribution >= 0.6 is 0 Å². The maximum absolute atomic E-state index is 12.9. The molecular weight excluding hydrogens is 335 g/mol. The summed E-state index contributed by atoms with van der Waals surface area (Å²) in [6.07, 6.45) is 1.15. The molecule has 7 heteroatoms. The first-order chi connectivity index (χ1) is 12.5. The largest absolute Gasteiger partial charge is 0.342 e. The van der Waals surface area contributed by atoms with Crippen molar-refractivity contribution in [2.24, 2.45) is 5.92 Å². The molecule has 0 bridgehead atoms. The predicted octanol–water partition coefficient (Wildman–Crippen LogP) is 1.87. The predicted molar refractivity (Wildman–Crippen MR) is 91.8 cm³/mol. The lowest BCUT2D eigenvalue weighted by molar-refractivity contribution is -0.135. The second kappa shape index (κ2) is 9.53. The number of nitriles is 2. The fourth-order valence-electron chi connectivity index (χ4n) is 3.03. The molecule has 26 heavy (non-hydrogen) atoms. The Kier molecular flexibility index (Phi) is 7.11. The number of hydrogen-bond donors (Lipinski definition) is 0. The van der Waals surface area contributed by atoms with Crippen LogP contribution in [0.15, 0.2) is 24.3 Å². The van der Waals surface area contributed by atoms with Crippen LogP contribution in [0, 0.1) is 34.4 Å². The Morgan fingerprint density at radius 3 is 2.38 bits per heavy atom. The van der Waals surface area contributed by atoms with Crippen LogP contribution in [0.3, 0.4) is 0 Å². The molecule has 1 fully saturated rings. The van der Waals surface area contributed by atoms with Gasteiger partial charge < -0.3 is 9.80 Å². The average Bonchev–Trinajstić information content (AvgIpc) is 3.02. The van der Waals surface area contributed by atoms with Crippen LogP contribution in [-0.2, 0) is 16.0 Å². The standard InChI is InChI=1S/C19H21FN4O2/c20-17-5-3-15(4-6-17)7-12-24-14-16(13-18(24)25)19(26)23(10-1-8-21)11-2-9-22/h3-6,16H,1-2,7,10-14H2. The third-order valence-corrected chi connectivity index (χ3v) is 4.45. The number of benzene rings is 1. The monoisotopic (exact) mass is 356 g/mol. The molecule has 0 saturated carbocycles. The van der Waals surface area contributed by atoms with Crippen molar-refractivity contribution in [3.8, 4) is 12.1 Å². The second-order valence-corrected chi connectivity index (χ2v) is 6.26. The minimum atomic E-state index is -0.437. The summed E-state index contributed by atoms with van der Waals surface area (Å²) < 4.78 is 12.9. The normalized spacial score (nSPS) is 16.2. The van der Waals surface area contributed by atoms with E-state index in [2.05, 4.69) is 0 Å². The Morgan fingerprint density at radius 2 is 1.81 bits per heavy atom. The summed E-state index contributed by atoms with van der Waals surface area (Å²) in [4.78, 5) is 28.0. The van der Waals surface area contributed by atoms with Gasteiger partial charge in [-0.05, 0) is 24.1 Å². The summed E-state index contributed by atoms with van der Waals surface area (Å²) in [5.74, 6) is -0.987. The van der Waals surface area contributed by atoms with Crippen molar-refractivity contribution in [3.63, 3.8) is 0 Å². The van der Waals surface area contributed by atoms with E-state index in [1.165, 1.54) is 17.0 Å². The van der Waals surface area contributed by atoms with E-state index in [9.17, 15) is 14.0 Å². The molecular formula is C19H21FN4O2. The molecule has 1 atom stereocenters. The van der Waals surface area contributed by atoms with Gasteiger partial charge in [0.05, 0.1) is 30.9 Å². The van der Waals surface area contributed by atoms with Gasteiger partial charge in [-0.15, -0.1) is 0 Å². The van der Waals surface area contributed by atoms with Gasteiger partial charge in [-0.25, -0.2) is 4.39 Å². The van der Waals surface area contributed by atoms with Gasteiger partial charge in [-0.3, -0.25) is 9.59 Å². The van der Waals surface area contributed by atoms with E-state index in [4.69, 9.17) is 10.5 Å². The lowest BCUT2D eigenvalue weighted by Crippen LogP contribution is -2.38. The fraction of sp³-hybridized carbons (Fsp3) is 0.474. The number of carbonyl (C=O) groups excluding carboxylic acids is 2. The van der Waals surface area contributed by atoms with Crippen molar-refractivity contribution in [1.29, 1.82) is 10.5 Å². The molecule has 136 valence electrons. The number of halogens is 1. The van der Waals surface area contributed by atoms with Gasteiger partial charge in [0.25, 0.3) is 0 Å². The zero-order valence-corrected chi connectivity index (χ0v) is 14.5. The summed E-state index contributed by atoms with van der Waals surface area (Å²) in [5, 5.41) is 17.5. The summed E-state index contributed by atoms with van der Waals surface area (Å²) in [6, 6.07) is 10.1. The van der Waals surface area contributed by atoms with E-state index in [0.29, 0.717) is 19.5 Å². The molecule has 1 aromatic rings. The van der Waals surface area contributed by atoms with Crippen molar-refractivity contribution in [2.45, 2.75) is 25.7 Å². The Balaban J connectivity index is 1.91. The first-order valence-electron chi connectivity index (χ1n) is 8.60. The lowest BCUT2D eigenvalue weighted by Gasteiger charge is -2.24. The number of rotatable bonds is 8. The maximum atomic E-state index is 12.9. The third kappa shape index (κ3) is 5.29. The molecule has 1 heterocycles. The molecule has 0 radical (unpaired) electrons. The van der Waals surface area contributed by atoms with Crippen molar-refractivity contribution in [3.05, 3.63) is 35.6 Å². The van der Waals surface area contributed by atoms with Gasteiger partial charge >= 0.3 is 0 Å². The highest BCUT2D eigenvalue weighted by Crippen LogP contribution is 2.21. The van der Waals surface area contributed by atoms with Crippen LogP contribution in [0.25, 0.3) is 0 Å². The number of carbonyl (C=O) groups is 2. The molecule has 1 saturated heterocycles. The van der Waals surface area contributed by atoms with Crippen LogP contribution in [-0.4, -0.2) is 47.8 Å². The first-order valence-corrected chi connectivity index (χ1v) is 8.60. The summed E-state index contributed by atoms with van der Waals surface area (Å²) in [5.41, 5.74) is 0.929. The number of nitrogens with zero attached hydrogens (tertiary/aromatic N) is 4. The van der Waals surface area contributed by atoms with Crippen LogP contribution in [0.4, 0.5) is 4.39 Å². The zero-order chi connectivity index (χ0) is 18.9. The van der Waals surface area contributed by atoms with Gasteiger partial charge in [-0.2, -0.15) is 10.5 Å². The van der Waals surface area contributed by atoms with Crippen LogP contribution in [0.1, 0.15) is 24.8 Å². The van der Waals surface area contributed by atoms with Crippen molar-refractivity contribution >= 4 is 11.8 Å². The van der Waals surface area contributed by atoms with E-state index >= 15 is 0 Å². The summed E-state index contributed by atoms with van der Waals surface area (Å²) in [6.45, 7) is 1.37. The van der Waals surface area contributed by atoms with Crippen molar-refractivity contribution in [2.75, 3.05) is 26.2 Å². The zero-order valence-electron chi connectivity index (χ0n) is 14.5. The summed E-state index contributed by atoms with van der Waals surface area (Å²) in [7, 11) is 0. The highest BCUT2D eigenvalue weighted by atomic mass is 19.1. The van der Waals surface area contributed by atoms with Gasteiger partial charge in [0.1, 0.15) is 5.82 Å². The van der Waals surface area contributed by atoms with Crippen molar-refractivity contribution in [1.82, 2.24) is 9.80 Å². The number of hydrogen-bond acceptors (Lipinski definition) is 4. The van der Waals surface area contributed by atoms with Gasteiger partial charge in [0.15, 0.2) is 0 Å².